The molecule has 3 N–H and O–H groups in total. The number of nitrogens with zero attached hydrogens (tertiary/aromatic N) is 2. The van der Waals surface area contributed by atoms with Gasteiger partial charge in [-0.1, -0.05) is 19.9 Å². The van der Waals surface area contributed by atoms with Crippen LogP contribution in [0.2, 0.25) is 0 Å². The number of carbonyl (C=O) groups excluding carboxylic acids is 1. The van der Waals surface area contributed by atoms with Gasteiger partial charge in [0.05, 0.1) is 47.9 Å². The summed E-state index contributed by atoms with van der Waals surface area (Å²) < 4.78 is 109. The van der Waals surface area contributed by atoms with Crippen molar-refractivity contribution in [1.29, 1.82) is 0 Å². The van der Waals surface area contributed by atoms with Crippen LogP contribution in [0.5, 0.6) is 5.75 Å². The number of amides is 1. The van der Waals surface area contributed by atoms with E-state index < -0.39 is 70.6 Å². The standard InChI is InChI=1S/C37H50N4O14S4.3Na/c1-36(2)27-22-25(35(42)39-16-21-59(50,51)52)12-14-29(27)40(17-5-7-19-57(44,45)46)31(36)10-9-11-32-37(3,4)28-23-26(53-33(38)24-34(56)54-55-43)13-15-30(28)41(32)18-6-8-20-58(47,48)49;;;/h9-15,22-23,33H,5-8,16-21,24,38H2,1-4H3,(H4-,39,42,43,44,45,46,47,48,49,50,51,52);;;/q;3*+1/p-3. The molecule has 4 rings (SSSR count). The SMILES string of the molecule is CC1(C)C(C=C/C=C2/N(CCCCS(=O)(=O)[O-])c3ccc(C(=O)NCCS(=O)(=O)[O-])cc3C2(C)C)=[N+](CCCCS(=O)(=O)[O-])c2ccc(OC(N)CC(=S)OO[O-])cc21.[Na+].[Na+].[Na+]. The number of hydrogen-bond acceptors (Lipinski definition) is 17. The normalized spacial score (nSPS) is 16.5. The maximum absolute atomic E-state index is 13.0. The Morgan fingerprint density at radius 3 is 2.08 bits per heavy atom. The number of unbranched alkanes of at least 4 members (excludes halogenated alkanes) is 2. The van der Waals surface area contributed by atoms with Gasteiger partial charge in [-0.05, 0) is 87.3 Å². The molecule has 1 atom stereocenters. The Kier molecular flexibility index (Phi) is 23.7. The van der Waals surface area contributed by atoms with Crippen LogP contribution in [0.15, 0.2) is 60.3 Å². The molecule has 0 saturated carbocycles. The zero-order valence-corrected chi connectivity index (χ0v) is 45.1. The summed E-state index contributed by atoms with van der Waals surface area (Å²) >= 11 is 4.90. The van der Waals surface area contributed by atoms with E-state index >= 15 is 0 Å². The second kappa shape index (κ2) is 24.8. The van der Waals surface area contributed by atoms with E-state index in [1.807, 2.05) is 67.5 Å². The van der Waals surface area contributed by atoms with E-state index in [2.05, 4.69) is 15.2 Å². The van der Waals surface area contributed by atoms with Crippen molar-refractivity contribution in [3.8, 4) is 5.75 Å². The molecule has 2 aliphatic rings. The number of anilines is 1. The molecule has 0 radical (unpaired) electrons. The Balaban J connectivity index is 0.00000641. The van der Waals surface area contributed by atoms with Gasteiger partial charge in [0.25, 0.3) is 5.91 Å². The first-order valence-corrected chi connectivity index (χ1v) is 23.6. The summed E-state index contributed by atoms with van der Waals surface area (Å²) in [5.74, 6) is -1.99. The molecule has 0 bridgehead atoms. The minimum Gasteiger partial charge on any atom is -0.748 e. The van der Waals surface area contributed by atoms with Crippen molar-refractivity contribution in [3.05, 3.63) is 77.0 Å². The average Bonchev–Trinajstić information content (AvgIpc) is 3.44. The fraction of sp³-hybridized carbons (Fsp3) is 0.486. The summed E-state index contributed by atoms with van der Waals surface area (Å²) in [7, 11) is -13.4. The van der Waals surface area contributed by atoms with Gasteiger partial charge in [0, 0.05) is 71.1 Å². The van der Waals surface area contributed by atoms with Crippen molar-refractivity contribution in [2.45, 2.75) is 76.9 Å². The molecule has 2 heterocycles. The molecule has 62 heavy (non-hydrogen) atoms. The largest absolute Gasteiger partial charge is 1.00 e. The third-order valence-corrected chi connectivity index (χ3v) is 12.5. The first-order valence-electron chi connectivity index (χ1n) is 18.4. The number of nitrogens with two attached hydrogens (primary N) is 1. The minimum absolute atomic E-state index is 0. The van der Waals surface area contributed by atoms with E-state index in [-0.39, 0.29) is 125 Å². The number of thiocarbonyl (C=S) groups is 1. The van der Waals surface area contributed by atoms with Crippen molar-refractivity contribution >= 4 is 70.6 Å². The third kappa shape index (κ3) is 16.8. The average molecular weight is 969 g/mol. The molecule has 0 spiro atoms. The van der Waals surface area contributed by atoms with Gasteiger partial charge in [-0.25, -0.2) is 30.3 Å². The summed E-state index contributed by atoms with van der Waals surface area (Å²) in [6.07, 6.45) is 5.53. The maximum Gasteiger partial charge on any atom is 1.00 e. The molecule has 25 heteroatoms. The molecule has 0 aromatic heterocycles. The van der Waals surface area contributed by atoms with Gasteiger partial charge in [-0.2, -0.15) is 4.58 Å². The molecule has 18 nitrogen and oxygen atoms in total. The first-order chi connectivity index (χ1) is 27.3. The Morgan fingerprint density at radius 1 is 0.871 bits per heavy atom. The summed E-state index contributed by atoms with van der Waals surface area (Å²) in [5.41, 5.74) is 9.61. The summed E-state index contributed by atoms with van der Waals surface area (Å²) in [6.45, 7) is 8.18. The van der Waals surface area contributed by atoms with Gasteiger partial charge < -0.3 is 38.8 Å². The van der Waals surface area contributed by atoms with Crippen LogP contribution in [0.3, 0.4) is 0 Å². The number of rotatable bonds is 21. The van der Waals surface area contributed by atoms with Crippen molar-refractivity contribution in [1.82, 2.24) is 5.32 Å². The van der Waals surface area contributed by atoms with Gasteiger partial charge in [-0.3, -0.25) is 10.5 Å². The summed E-state index contributed by atoms with van der Waals surface area (Å²) in [6, 6.07) is 10.3. The quantitative estimate of drug-likeness (QED) is 0.0172. The van der Waals surface area contributed by atoms with Gasteiger partial charge >= 0.3 is 88.7 Å². The predicted molar refractivity (Wildman–Crippen MR) is 216 cm³/mol. The van der Waals surface area contributed by atoms with E-state index in [1.165, 1.54) is 0 Å². The van der Waals surface area contributed by atoms with Crippen molar-refractivity contribution in [2.75, 3.05) is 41.8 Å². The number of fused-ring (bicyclic) bond motifs is 2. The van der Waals surface area contributed by atoms with Crippen LogP contribution in [-0.2, 0) is 51.1 Å². The van der Waals surface area contributed by atoms with Gasteiger partial charge in [-0.15, -0.1) is 0 Å². The Hall–Kier alpha value is -0.840. The van der Waals surface area contributed by atoms with E-state index in [0.717, 1.165) is 33.9 Å². The van der Waals surface area contributed by atoms with Gasteiger partial charge in [0.15, 0.2) is 11.9 Å². The summed E-state index contributed by atoms with van der Waals surface area (Å²) in [4.78, 5) is 19.3. The number of hydrogen-bond donors (Lipinski definition) is 2. The van der Waals surface area contributed by atoms with E-state index in [0.29, 0.717) is 31.7 Å². The molecule has 0 aliphatic carbocycles. The van der Waals surface area contributed by atoms with E-state index in [9.17, 15) is 49.0 Å². The van der Waals surface area contributed by atoms with Crippen LogP contribution in [0, 0.1) is 0 Å². The fourth-order valence-corrected chi connectivity index (χ4v) is 8.86. The number of allylic oxidation sites excluding steroid dienone is 4. The van der Waals surface area contributed by atoms with Crippen LogP contribution in [0.4, 0.5) is 11.4 Å². The Bertz CT molecular complexity index is 2360. The van der Waals surface area contributed by atoms with Crippen LogP contribution in [0.25, 0.3) is 0 Å². The molecule has 2 aliphatic heterocycles. The van der Waals surface area contributed by atoms with Crippen molar-refractivity contribution in [2.24, 2.45) is 5.73 Å². The first kappa shape index (κ1) is 59.2. The van der Waals surface area contributed by atoms with Crippen LogP contribution in [-0.4, -0.2) is 103 Å². The van der Waals surface area contributed by atoms with E-state index in [1.54, 1.807) is 24.3 Å². The van der Waals surface area contributed by atoms with Crippen LogP contribution >= 0.6 is 12.2 Å². The monoisotopic (exact) mass is 968 g/mol. The van der Waals surface area contributed by atoms with Gasteiger partial charge in [0.2, 0.25) is 10.7 Å². The molecule has 326 valence electrons. The van der Waals surface area contributed by atoms with Crippen molar-refractivity contribution < 1.29 is 157 Å². The molecular formula is C37H47N4Na3O14S4. The smallest absolute Gasteiger partial charge is 0.748 e. The number of nitrogens with one attached hydrogen (secondary N) is 1. The predicted octanol–water partition coefficient (Wildman–Crippen LogP) is -7.16. The molecular weight excluding hydrogens is 922 g/mol. The zero-order valence-electron chi connectivity index (χ0n) is 35.9. The molecule has 2 aromatic carbocycles. The Morgan fingerprint density at radius 2 is 1.48 bits per heavy atom. The van der Waals surface area contributed by atoms with Crippen LogP contribution < -0.4 is 115 Å². The number of benzene rings is 2. The third-order valence-electron chi connectivity index (χ3n) is 10.00. The molecule has 1 amide bonds. The topological polar surface area (TPSA) is 284 Å². The Labute approximate surface area is 435 Å². The van der Waals surface area contributed by atoms with E-state index in [4.69, 9.17) is 22.7 Å². The maximum atomic E-state index is 13.0. The number of ether oxygens (including phenoxy) is 1. The second-order valence-corrected chi connectivity index (χ2v) is 20.1. The molecule has 0 fully saturated rings. The second-order valence-electron chi connectivity index (χ2n) is 15.1. The molecule has 1 unspecified atom stereocenters. The minimum atomic E-state index is -4.54. The fourth-order valence-electron chi connectivity index (χ4n) is 7.20. The summed E-state index contributed by atoms with van der Waals surface area (Å²) in [5, 5.41) is 15.9. The molecule has 0 saturated heterocycles. The number of carbonyl (C=O) groups is 1. The zero-order chi connectivity index (χ0) is 44.0. The van der Waals surface area contributed by atoms with Gasteiger partial charge in [0.1, 0.15) is 12.3 Å². The molecule has 2 aromatic rings. The van der Waals surface area contributed by atoms with Crippen LogP contribution in [0.1, 0.15) is 81.3 Å². The van der Waals surface area contributed by atoms with Crippen molar-refractivity contribution in [3.63, 3.8) is 0 Å².